The Labute approximate surface area is 118 Å². The van der Waals surface area contributed by atoms with Crippen LogP contribution in [0.25, 0.3) is 11.1 Å². The van der Waals surface area contributed by atoms with Crippen LogP contribution in [0.4, 0.5) is 0 Å². The van der Waals surface area contributed by atoms with Gasteiger partial charge in [-0.25, -0.2) is 0 Å². The van der Waals surface area contributed by atoms with Gasteiger partial charge in [-0.15, -0.1) is 0 Å². The van der Waals surface area contributed by atoms with E-state index in [-0.39, 0.29) is 11.7 Å². The van der Waals surface area contributed by atoms with Crippen LogP contribution >= 0.6 is 0 Å². The highest BCUT2D eigenvalue weighted by Gasteiger charge is 2.01. The summed E-state index contributed by atoms with van der Waals surface area (Å²) >= 11 is 0. The highest BCUT2D eigenvalue weighted by atomic mass is 16.1. The van der Waals surface area contributed by atoms with Crippen LogP contribution in [0.5, 0.6) is 0 Å². The van der Waals surface area contributed by atoms with Gasteiger partial charge in [-0.1, -0.05) is 48.5 Å². The summed E-state index contributed by atoms with van der Waals surface area (Å²) in [5.74, 6) is 0.0381. The van der Waals surface area contributed by atoms with E-state index in [2.05, 4.69) is 5.32 Å². The van der Waals surface area contributed by atoms with Crippen molar-refractivity contribution >= 4 is 11.7 Å². The number of Topliss-reactive ketones (excluding diaryl/α,β-unsaturated/α-hetero) is 1. The maximum absolute atomic E-state index is 11.2. The first-order valence-corrected chi connectivity index (χ1v) is 6.51. The van der Waals surface area contributed by atoms with Gasteiger partial charge < -0.3 is 5.32 Å². The van der Waals surface area contributed by atoms with Gasteiger partial charge in [0.2, 0.25) is 5.91 Å². The summed E-state index contributed by atoms with van der Waals surface area (Å²) in [4.78, 5) is 22.1. The van der Waals surface area contributed by atoms with Gasteiger partial charge in [0, 0.05) is 19.0 Å². The highest BCUT2D eigenvalue weighted by Crippen LogP contribution is 2.20. The van der Waals surface area contributed by atoms with Crippen molar-refractivity contribution in [2.45, 2.75) is 20.4 Å². The number of hydrogen-bond donors (Lipinski definition) is 1. The lowest BCUT2D eigenvalue weighted by Gasteiger charge is -2.06. The summed E-state index contributed by atoms with van der Waals surface area (Å²) in [5.41, 5.74) is 3.94. The minimum Gasteiger partial charge on any atom is -0.352 e. The second-order valence-corrected chi connectivity index (χ2v) is 4.74. The molecule has 0 aliphatic carbocycles. The lowest BCUT2D eigenvalue weighted by Crippen LogP contribution is -2.18. The molecule has 2 aromatic carbocycles. The van der Waals surface area contributed by atoms with Gasteiger partial charge in [-0.2, -0.15) is 0 Å². The van der Waals surface area contributed by atoms with Crippen molar-refractivity contribution in [2.75, 3.05) is 0 Å². The standard InChI is InChI=1S/C17H17NO2/c1-12(19)15-7-9-17(10-8-15)16-5-3-14(4-6-16)11-18-13(2)20/h3-10H,11H2,1-2H3,(H,18,20). The Bertz CT molecular complexity index is 612. The molecule has 2 aromatic rings. The van der Waals surface area contributed by atoms with Crippen LogP contribution in [0.3, 0.4) is 0 Å². The Kier molecular flexibility index (Phi) is 4.31. The van der Waals surface area contributed by atoms with Crippen molar-refractivity contribution in [3.8, 4) is 11.1 Å². The number of hydrogen-bond acceptors (Lipinski definition) is 2. The monoisotopic (exact) mass is 267 g/mol. The molecule has 0 aromatic heterocycles. The molecule has 0 atom stereocenters. The van der Waals surface area contributed by atoms with Gasteiger partial charge >= 0.3 is 0 Å². The smallest absolute Gasteiger partial charge is 0.217 e. The first-order chi connectivity index (χ1) is 9.56. The van der Waals surface area contributed by atoms with Crippen LogP contribution in [0.15, 0.2) is 48.5 Å². The summed E-state index contributed by atoms with van der Waals surface area (Å²) in [6.45, 7) is 3.61. The van der Waals surface area contributed by atoms with E-state index in [1.807, 2.05) is 48.5 Å². The van der Waals surface area contributed by atoms with Crippen molar-refractivity contribution in [1.82, 2.24) is 5.32 Å². The van der Waals surface area contributed by atoms with E-state index < -0.39 is 0 Å². The SMILES string of the molecule is CC(=O)NCc1ccc(-c2ccc(C(C)=O)cc2)cc1. The molecule has 0 aliphatic heterocycles. The van der Waals surface area contributed by atoms with E-state index in [1.54, 1.807) is 6.92 Å². The highest BCUT2D eigenvalue weighted by molar-refractivity contribution is 5.94. The van der Waals surface area contributed by atoms with Gasteiger partial charge in [-0.3, -0.25) is 9.59 Å². The molecule has 0 radical (unpaired) electrons. The molecule has 0 aliphatic rings. The summed E-state index contributed by atoms with van der Waals surface area (Å²) in [6.07, 6.45) is 0. The van der Waals surface area contributed by atoms with Crippen LogP contribution in [-0.2, 0) is 11.3 Å². The van der Waals surface area contributed by atoms with Gasteiger partial charge in [0.05, 0.1) is 0 Å². The van der Waals surface area contributed by atoms with E-state index in [4.69, 9.17) is 0 Å². The normalized spacial score (nSPS) is 10.1. The number of benzene rings is 2. The first kappa shape index (κ1) is 14.0. The molecule has 102 valence electrons. The molecule has 20 heavy (non-hydrogen) atoms. The molecule has 0 bridgehead atoms. The van der Waals surface area contributed by atoms with Gasteiger partial charge in [0.25, 0.3) is 0 Å². The Hall–Kier alpha value is -2.42. The van der Waals surface area contributed by atoms with Crippen LogP contribution in [0.2, 0.25) is 0 Å². The van der Waals surface area contributed by atoms with E-state index in [1.165, 1.54) is 6.92 Å². The second-order valence-electron chi connectivity index (χ2n) is 4.74. The minimum atomic E-state index is -0.0334. The summed E-state index contributed by atoms with van der Waals surface area (Å²) < 4.78 is 0. The van der Waals surface area contributed by atoms with Crippen LogP contribution in [0, 0.1) is 0 Å². The lowest BCUT2D eigenvalue weighted by molar-refractivity contribution is -0.119. The Morgan fingerprint density at radius 1 is 0.850 bits per heavy atom. The third-order valence-corrected chi connectivity index (χ3v) is 3.12. The first-order valence-electron chi connectivity index (χ1n) is 6.51. The van der Waals surface area contributed by atoms with Crippen molar-refractivity contribution in [3.63, 3.8) is 0 Å². The number of nitrogens with one attached hydrogen (secondary N) is 1. The summed E-state index contributed by atoms with van der Waals surface area (Å²) in [7, 11) is 0. The largest absolute Gasteiger partial charge is 0.352 e. The molecule has 0 saturated carbocycles. The Balaban J connectivity index is 2.13. The van der Waals surface area contributed by atoms with Gasteiger partial charge in [0.15, 0.2) is 5.78 Å². The fourth-order valence-corrected chi connectivity index (χ4v) is 1.94. The predicted octanol–water partition coefficient (Wildman–Crippen LogP) is 3.19. The third kappa shape index (κ3) is 3.54. The van der Waals surface area contributed by atoms with E-state index in [9.17, 15) is 9.59 Å². The average Bonchev–Trinajstić information content (AvgIpc) is 2.46. The van der Waals surface area contributed by atoms with Gasteiger partial charge in [0.1, 0.15) is 0 Å². The maximum Gasteiger partial charge on any atom is 0.217 e. The zero-order chi connectivity index (χ0) is 14.5. The number of carbonyl (C=O) groups is 2. The summed E-state index contributed by atoms with van der Waals surface area (Å²) in [6, 6.07) is 15.6. The topological polar surface area (TPSA) is 46.2 Å². The molecule has 3 nitrogen and oxygen atoms in total. The van der Waals surface area contributed by atoms with Gasteiger partial charge in [-0.05, 0) is 23.6 Å². The zero-order valence-corrected chi connectivity index (χ0v) is 11.6. The number of ketones is 1. The van der Waals surface area contributed by atoms with E-state index in [0.717, 1.165) is 22.3 Å². The molecule has 0 saturated heterocycles. The van der Waals surface area contributed by atoms with Crippen molar-refractivity contribution in [1.29, 1.82) is 0 Å². The van der Waals surface area contributed by atoms with E-state index >= 15 is 0 Å². The molecule has 1 amide bonds. The molecular formula is C17H17NO2. The number of rotatable bonds is 4. The van der Waals surface area contributed by atoms with E-state index in [0.29, 0.717) is 6.54 Å². The molecule has 0 spiro atoms. The zero-order valence-electron chi connectivity index (χ0n) is 11.6. The summed E-state index contributed by atoms with van der Waals surface area (Å²) in [5, 5.41) is 2.76. The molecule has 3 heteroatoms. The molecule has 0 fully saturated rings. The minimum absolute atomic E-state index is 0.0334. The predicted molar refractivity (Wildman–Crippen MR) is 79.4 cm³/mol. The molecule has 0 heterocycles. The van der Waals surface area contributed by atoms with Crippen LogP contribution < -0.4 is 5.32 Å². The molecule has 1 N–H and O–H groups in total. The molecular weight excluding hydrogens is 250 g/mol. The molecule has 2 rings (SSSR count). The Morgan fingerprint density at radius 3 is 1.80 bits per heavy atom. The Morgan fingerprint density at radius 2 is 1.35 bits per heavy atom. The fourth-order valence-electron chi connectivity index (χ4n) is 1.94. The number of amides is 1. The third-order valence-electron chi connectivity index (χ3n) is 3.12. The van der Waals surface area contributed by atoms with Crippen LogP contribution in [0.1, 0.15) is 29.8 Å². The van der Waals surface area contributed by atoms with Crippen molar-refractivity contribution in [2.24, 2.45) is 0 Å². The lowest BCUT2D eigenvalue weighted by atomic mass is 10.0. The van der Waals surface area contributed by atoms with Crippen molar-refractivity contribution in [3.05, 3.63) is 59.7 Å². The fraction of sp³-hybridized carbons (Fsp3) is 0.176. The maximum atomic E-state index is 11.2. The molecule has 0 unspecified atom stereocenters. The average molecular weight is 267 g/mol. The van der Waals surface area contributed by atoms with Crippen molar-refractivity contribution < 1.29 is 9.59 Å². The van der Waals surface area contributed by atoms with Crippen LogP contribution in [-0.4, -0.2) is 11.7 Å². The quantitative estimate of drug-likeness (QED) is 0.865. The second kappa shape index (κ2) is 6.15. The number of carbonyl (C=O) groups excluding carboxylic acids is 2.